The van der Waals surface area contributed by atoms with Crippen molar-refractivity contribution < 1.29 is 23.8 Å². The Labute approximate surface area is 87.7 Å². The van der Waals surface area contributed by atoms with Gasteiger partial charge in [-0.15, -0.1) is 0 Å². The van der Waals surface area contributed by atoms with Crippen molar-refractivity contribution in [3.8, 4) is 0 Å². The molecule has 2 rings (SSSR count). The monoisotopic (exact) mass is 214 g/mol. The second kappa shape index (κ2) is 3.48. The molecule has 5 heteroatoms. The van der Waals surface area contributed by atoms with Gasteiger partial charge in [0.2, 0.25) is 6.29 Å². The molecule has 0 aromatic rings. The van der Waals surface area contributed by atoms with Crippen molar-refractivity contribution in [1.82, 2.24) is 0 Å². The Morgan fingerprint density at radius 3 is 2.73 bits per heavy atom. The minimum absolute atomic E-state index is 0.269. The van der Waals surface area contributed by atoms with E-state index < -0.39 is 6.29 Å². The van der Waals surface area contributed by atoms with Gasteiger partial charge in [-0.1, -0.05) is 0 Å². The van der Waals surface area contributed by atoms with Crippen LogP contribution >= 0.6 is 0 Å². The van der Waals surface area contributed by atoms with Gasteiger partial charge in [0, 0.05) is 26.2 Å². The number of hydrogen-bond acceptors (Lipinski definition) is 5. The second-order valence-electron chi connectivity index (χ2n) is 4.14. The van der Waals surface area contributed by atoms with Crippen molar-refractivity contribution in [3.63, 3.8) is 0 Å². The molecule has 15 heavy (non-hydrogen) atoms. The van der Waals surface area contributed by atoms with Gasteiger partial charge in [0.15, 0.2) is 0 Å². The zero-order chi connectivity index (χ0) is 11.1. The Morgan fingerprint density at radius 2 is 2.13 bits per heavy atom. The van der Waals surface area contributed by atoms with E-state index in [1.165, 1.54) is 13.8 Å². The van der Waals surface area contributed by atoms with Crippen LogP contribution in [0.3, 0.4) is 0 Å². The molecule has 0 aromatic heterocycles. The standard InChI is InChI=1S/C10H14O5/c1-6(11)13-5-10-4-8(10)3-9(15-10)14-7(2)12/h8-9H,3-5H2,1-2H3/t8-,9?,10-/m0/s1. The van der Waals surface area contributed by atoms with Crippen LogP contribution in [0.1, 0.15) is 26.7 Å². The summed E-state index contributed by atoms with van der Waals surface area (Å²) in [6, 6.07) is 0. The molecular formula is C10H14O5. The Bertz CT molecular complexity index is 300. The van der Waals surface area contributed by atoms with Gasteiger partial charge in [0.1, 0.15) is 12.2 Å². The fraction of sp³-hybridized carbons (Fsp3) is 0.800. The van der Waals surface area contributed by atoms with E-state index in [2.05, 4.69) is 0 Å². The quantitative estimate of drug-likeness (QED) is 0.644. The van der Waals surface area contributed by atoms with Crippen molar-refractivity contribution in [1.29, 1.82) is 0 Å². The van der Waals surface area contributed by atoms with Crippen molar-refractivity contribution in [2.75, 3.05) is 6.61 Å². The predicted octanol–water partition coefficient (Wildman–Crippen LogP) is 0.618. The summed E-state index contributed by atoms with van der Waals surface area (Å²) in [4.78, 5) is 21.4. The molecule has 0 bridgehead atoms. The minimum atomic E-state index is -0.461. The van der Waals surface area contributed by atoms with Crippen molar-refractivity contribution in [2.45, 2.75) is 38.6 Å². The summed E-state index contributed by atoms with van der Waals surface area (Å²) in [5.41, 5.74) is -0.369. The molecule has 0 spiro atoms. The van der Waals surface area contributed by atoms with E-state index in [-0.39, 0.29) is 24.1 Å². The molecule has 2 aliphatic rings. The van der Waals surface area contributed by atoms with Crippen LogP contribution in [0.25, 0.3) is 0 Å². The zero-order valence-corrected chi connectivity index (χ0v) is 8.82. The van der Waals surface area contributed by atoms with Crippen LogP contribution in [-0.4, -0.2) is 30.4 Å². The van der Waals surface area contributed by atoms with E-state index >= 15 is 0 Å². The lowest BCUT2D eigenvalue weighted by atomic mass is 10.2. The van der Waals surface area contributed by atoms with Crippen LogP contribution in [0.5, 0.6) is 0 Å². The molecule has 0 amide bonds. The van der Waals surface area contributed by atoms with Gasteiger partial charge in [-0.3, -0.25) is 9.59 Å². The van der Waals surface area contributed by atoms with Gasteiger partial charge in [0.25, 0.3) is 0 Å². The number of carbonyl (C=O) groups excluding carboxylic acids is 2. The molecule has 0 N–H and O–H groups in total. The number of esters is 2. The average molecular weight is 214 g/mol. The van der Waals surface area contributed by atoms with Gasteiger partial charge >= 0.3 is 11.9 Å². The molecule has 0 radical (unpaired) electrons. The lowest BCUT2D eigenvalue weighted by Crippen LogP contribution is -2.26. The Balaban J connectivity index is 1.82. The number of fused-ring (bicyclic) bond motifs is 1. The van der Waals surface area contributed by atoms with Crippen LogP contribution in [-0.2, 0) is 23.8 Å². The molecule has 1 unspecified atom stereocenters. The highest BCUT2D eigenvalue weighted by molar-refractivity contribution is 5.66. The third kappa shape index (κ3) is 2.12. The second-order valence-corrected chi connectivity index (χ2v) is 4.14. The smallest absolute Gasteiger partial charge is 0.304 e. The number of rotatable bonds is 3. The number of carbonyl (C=O) groups is 2. The molecule has 1 aliphatic carbocycles. The molecule has 1 heterocycles. The van der Waals surface area contributed by atoms with E-state index in [0.717, 1.165) is 6.42 Å². The summed E-state index contributed by atoms with van der Waals surface area (Å²) >= 11 is 0. The molecule has 1 saturated carbocycles. The lowest BCUT2D eigenvalue weighted by molar-refractivity contribution is -0.187. The molecule has 84 valence electrons. The third-order valence-electron chi connectivity index (χ3n) is 2.84. The summed E-state index contributed by atoms with van der Waals surface area (Å²) in [6.45, 7) is 2.99. The topological polar surface area (TPSA) is 61.8 Å². The van der Waals surface area contributed by atoms with Gasteiger partial charge in [-0.05, 0) is 6.42 Å². The maximum absolute atomic E-state index is 10.7. The highest BCUT2D eigenvalue weighted by Crippen LogP contribution is 2.56. The van der Waals surface area contributed by atoms with Crippen LogP contribution < -0.4 is 0 Å². The maximum atomic E-state index is 10.7. The van der Waals surface area contributed by atoms with E-state index in [1.807, 2.05) is 0 Å². The number of hydrogen-bond donors (Lipinski definition) is 0. The van der Waals surface area contributed by atoms with E-state index in [9.17, 15) is 9.59 Å². The SMILES string of the molecule is CC(=O)OC[C@@]12C[C@@H]1CC(OC(C)=O)O2. The van der Waals surface area contributed by atoms with Gasteiger partial charge in [-0.2, -0.15) is 0 Å². The molecule has 5 nitrogen and oxygen atoms in total. The predicted molar refractivity (Wildman–Crippen MR) is 48.7 cm³/mol. The Hall–Kier alpha value is -1.10. The van der Waals surface area contributed by atoms with Crippen molar-refractivity contribution in [3.05, 3.63) is 0 Å². The largest absolute Gasteiger partial charge is 0.463 e. The number of ether oxygens (including phenoxy) is 3. The molecule has 0 aromatic carbocycles. The van der Waals surface area contributed by atoms with Crippen LogP contribution in [0.2, 0.25) is 0 Å². The van der Waals surface area contributed by atoms with Gasteiger partial charge < -0.3 is 14.2 Å². The molecular weight excluding hydrogens is 200 g/mol. The third-order valence-corrected chi connectivity index (χ3v) is 2.84. The molecule has 1 saturated heterocycles. The van der Waals surface area contributed by atoms with Crippen LogP contribution in [0.4, 0.5) is 0 Å². The van der Waals surface area contributed by atoms with E-state index in [0.29, 0.717) is 12.3 Å². The summed E-state index contributed by atoms with van der Waals surface area (Å²) in [5.74, 6) is -0.292. The molecule has 3 atom stereocenters. The average Bonchev–Trinajstić information content (AvgIpc) is 2.66. The molecule has 1 aliphatic heterocycles. The summed E-state index contributed by atoms with van der Waals surface area (Å²) in [7, 11) is 0. The summed E-state index contributed by atoms with van der Waals surface area (Å²) < 4.78 is 15.4. The van der Waals surface area contributed by atoms with E-state index in [1.54, 1.807) is 0 Å². The Morgan fingerprint density at radius 1 is 1.40 bits per heavy atom. The summed E-state index contributed by atoms with van der Waals surface area (Å²) in [5, 5.41) is 0. The summed E-state index contributed by atoms with van der Waals surface area (Å²) in [6.07, 6.45) is 1.13. The lowest BCUT2D eigenvalue weighted by Gasteiger charge is -2.17. The first-order chi connectivity index (χ1) is 7.02. The fourth-order valence-electron chi connectivity index (χ4n) is 2.03. The van der Waals surface area contributed by atoms with Gasteiger partial charge in [-0.25, -0.2) is 0 Å². The van der Waals surface area contributed by atoms with E-state index in [4.69, 9.17) is 14.2 Å². The highest BCUT2D eigenvalue weighted by Gasteiger charge is 2.63. The normalized spacial score (nSPS) is 36.9. The first kappa shape index (κ1) is 10.4. The minimum Gasteiger partial charge on any atom is -0.463 e. The highest BCUT2D eigenvalue weighted by atomic mass is 16.7. The fourth-order valence-corrected chi connectivity index (χ4v) is 2.03. The maximum Gasteiger partial charge on any atom is 0.304 e. The van der Waals surface area contributed by atoms with Crippen molar-refractivity contribution in [2.24, 2.45) is 5.92 Å². The van der Waals surface area contributed by atoms with Crippen molar-refractivity contribution >= 4 is 11.9 Å². The first-order valence-electron chi connectivity index (χ1n) is 5.00. The van der Waals surface area contributed by atoms with Crippen LogP contribution in [0, 0.1) is 5.92 Å². The first-order valence-corrected chi connectivity index (χ1v) is 5.00. The van der Waals surface area contributed by atoms with Gasteiger partial charge in [0.05, 0.1) is 0 Å². The van der Waals surface area contributed by atoms with Crippen LogP contribution in [0.15, 0.2) is 0 Å². The zero-order valence-electron chi connectivity index (χ0n) is 8.82. The Kier molecular flexibility index (Phi) is 2.42. The molecule has 2 fully saturated rings.